The largest absolute Gasteiger partial charge is 0.0620 e. The summed E-state index contributed by atoms with van der Waals surface area (Å²) in [5, 5.41) is 0. The summed E-state index contributed by atoms with van der Waals surface area (Å²) < 4.78 is 0. The van der Waals surface area contributed by atoms with Gasteiger partial charge in [0, 0.05) is 5.92 Å². The van der Waals surface area contributed by atoms with Crippen molar-refractivity contribution in [3.05, 3.63) is 70.3 Å². The quantitative estimate of drug-likeness (QED) is 0.691. The molecule has 0 spiro atoms. The van der Waals surface area contributed by atoms with E-state index in [1.54, 1.807) is 22.3 Å². The molecular formula is C20H24. The van der Waals surface area contributed by atoms with Crippen LogP contribution in [0.25, 0.3) is 0 Å². The van der Waals surface area contributed by atoms with Crippen LogP contribution in [0.15, 0.2) is 42.5 Å². The molecule has 20 heavy (non-hydrogen) atoms. The minimum atomic E-state index is 0.600. The SMILES string of the molecule is CCc1ccccc1C1CC(C)c2c(CC)cccc21. The van der Waals surface area contributed by atoms with Crippen LogP contribution in [0.2, 0.25) is 0 Å². The van der Waals surface area contributed by atoms with Crippen LogP contribution in [0.4, 0.5) is 0 Å². The lowest BCUT2D eigenvalue weighted by Crippen LogP contribution is -2.01. The Balaban J connectivity index is 2.12. The molecule has 0 nitrogen and oxygen atoms in total. The Bertz CT molecular complexity index is 609. The van der Waals surface area contributed by atoms with Crippen molar-refractivity contribution in [3.8, 4) is 0 Å². The molecule has 0 aliphatic heterocycles. The molecule has 2 atom stereocenters. The minimum absolute atomic E-state index is 0.600. The highest BCUT2D eigenvalue weighted by molar-refractivity contribution is 5.50. The predicted octanol–water partition coefficient (Wildman–Crippen LogP) is 5.45. The van der Waals surface area contributed by atoms with E-state index < -0.39 is 0 Å². The van der Waals surface area contributed by atoms with Gasteiger partial charge < -0.3 is 0 Å². The van der Waals surface area contributed by atoms with Crippen LogP contribution >= 0.6 is 0 Å². The van der Waals surface area contributed by atoms with Crippen molar-refractivity contribution in [2.24, 2.45) is 0 Å². The van der Waals surface area contributed by atoms with Crippen LogP contribution in [-0.2, 0) is 12.8 Å². The first-order chi connectivity index (χ1) is 9.76. The molecular weight excluding hydrogens is 240 g/mol. The van der Waals surface area contributed by atoms with Gasteiger partial charge in [-0.3, -0.25) is 0 Å². The van der Waals surface area contributed by atoms with Gasteiger partial charge in [0.2, 0.25) is 0 Å². The molecule has 2 aromatic rings. The zero-order valence-corrected chi connectivity index (χ0v) is 12.8. The highest BCUT2D eigenvalue weighted by Gasteiger charge is 2.31. The van der Waals surface area contributed by atoms with E-state index in [2.05, 4.69) is 63.2 Å². The van der Waals surface area contributed by atoms with Gasteiger partial charge in [-0.15, -0.1) is 0 Å². The summed E-state index contributed by atoms with van der Waals surface area (Å²) in [6, 6.07) is 15.9. The van der Waals surface area contributed by atoms with Crippen molar-refractivity contribution in [2.45, 2.75) is 51.9 Å². The standard InChI is InChI=1S/C20H24/c1-4-15-9-6-7-11-17(15)19-13-14(3)20-16(5-2)10-8-12-18(19)20/h6-12,14,19H,4-5,13H2,1-3H3. The molecule has 1 aliphatic rings. The fourth-order valence-electron chi connectivity index (χ4n) is 3.94. The van der Waals surface area contributed by atoms with Crippen LogP contribution in [-0.4, -0.2) is 0 Å². The Labute approximate surface area is 122 Å². The number of rotatable bonds is 3. The molecule has 0 saturated carbocycles. The molecule has 0 heterocycles. The fraction of sp³-hybridized carbons (Fsp3) is 0.400. The summed E-state index contributed by atoms with van der Waals surface area (Å²) in [5.74, 6) is 1.29. The second kappa shape index (κ2) is 5.44. The molecule has 1 aliphatic carbocycles. The molecule has 0 saturated heterocycles. The average Bonchev–Trinajstić information content (AvgIpc) is 2.84. The Hall–Kier alpha value is -1.56. The predicted molar refractivity (Wildman–Crippen MR) is 86.5 cm³/mol. The number of aryl methyl sites for hydroxylation is 2. The Kier molecular flexibility index (Phi) is 3.65. The third kappa shape index (κ3) is 2.08. The van der Waals surface area contributed by atoms with Crippen LogP contribution < -0.4 is 0 Å². The molecule has 0 N–H and O–H groups in total. The van der Waals surface area contributed by atoms with Crippen molar-refractivity contribution in [3.63, 3.8) is 0 Å². The lowest BCUT2D eigenvalue weighted by atomic mass is 9.88. The summed E-state index contributed by atoms with van der Waals surface area (Å²) >= 11 is 0. The van der Waals surface area contributed by atoms with Gasteiger partial charge >= 0.3 is 0 Å². The van der Waals surface area contributed by atoms with E-state index in [1.165, 1.54) is 12.0 Å². The van der Waals surface area contributed by atoms with Gasteiger partial charge in [-0.05, 0) is 53.0 Å². The van der Waals surface area contributed by atoms with E-state index in [0.717, 1.165) is 12.8 Å². The summed E-state index contributed by atoms with van der Waals surface area (Å²) in [6.07, 6.45) is 3.54. The van der Waals surface area contributed by atoms with Crippen molar-refractivity contribution in [2.75, 3.05) is 0 Å². The minimum Gasteiger partial charge on any atom is -0.0620 e. The number of fused-ring (bicyclic) bond motifs is 1. The molecule has 2 unspecified atom stereocenters. The highest BCUT2D eigenvalue weighted by Crippen LogP contribution is 2.47. The van der Waals surface area contributed by atoms with Crippen LogP contribution in [0.1, 0.15) is 66.8 Å². The van der Waals surface area contributed by atoms with Crippen molar-refractivity contribution >= 4 is 0 Å². The van der Waals surface area contributed by atoms with Crippen LogP contribution in [0.3, 0.4) is 0 Å². The van der Waals surface area contributed by atoms with E-state index in [9.17, 15) is 0 Å². The van der Waals surface area contributed by atoms with Crippen molar-refractivity contribution in [1.82, 2.24) is 0 Å². The summed E-state index contributed by atoms with van der Waals surface area (Å²) in [4.78, 5) is 0. The van der Waals surface area contributed by atoms with E-state index >= 15 is 0 Å². The molecule has 0 aromatic heterocycles. The van der Waals surface area contributed by atoms with Gasteiger partial charge in [0.15, 0.2) is 0 Å². The Morgan fingerprint density at radius 2 is 1.50 bits per heavy atom. The van der Waals surface area contributed by atoms with Gasteiger partial charge in [-0.25, -0.2) is 0 Å². The smallest absolute Gasteiger partial charge is 0.0101 e. The van der Waals surface area contributed by atoms with E-state index in [0.29, 0.717) is 11.8 Å². The normalized spacial score (nSPS) is 20.9. The van der Waals surface area contributed by atoms with E-state index in [-0.39, 0.29) is 0 Å². The van der Waals surface area contributed by atoms with Gasteiger partial charge in [-0.1, -0.05) is 63.2 Å². The van der Waals surface area contributed by atoms with Crippen LogP contribution in [0.5, 0.6) is 0 Å². The summed E-state index contributed by atoms with van der Waals surface area (Å²) in [7, 11) is 0. The number of benzene rings is 2. The first-order valence-corrected chi connectivity index (χ1v) is 7.95. The fourth-order valence-corrected chi connectivity index (χ4v) is 3.94. The first kappa shape index (κ1) is 13.4. The van der Waals surface area contributed by atoms with Gasteiger partial charge in [0.25, 0.3) is 0 Å². The zero-order valence-electron chi connectivity index (χ0n) is 12.8. The molecule has 3 rings (SSSR count). The van der Waals surface area contributed by atoms with Crippen LogP contribution in [0, 0.1) is 0 Å². The molecule has 104 valence electrons. The average molecular weight is 264 g/mol. The third-order valence-electron chi connectivity index (χ3n) is 4.88. The van der Waals surface area contributed by atoms with Gasteiger partial charge in [0.05, 0.1) is 0 Å². The number of hydrogen-bond donors (Lipinski definition) is 0. The Morgan fingerprint density at radius 1 is 0.850 bits per heavy atom. The van der Waals surface area contributed by atoms with Crippen molar-refractivity contribution < 1.29 is 0 Å². The maximum absolute atomic E-state index is 2.40. The second-order valence-corrected chi connectivity index (χ2v) is 6.02. The first-order valence-electron chi connectivity index (χ1n) is 7.95. The van der Waals surface area contributed by atoms with Gasteiger partial charge in [0.1, 0.15) is 0 Å². The molecule has 0 bridgehead atoms. The van der Waals surface area contributed by atoms with Gasteiger partial charge in [-0.2, -0.15) is 0 Å². The monoisotopic (exact) mass is 264 g/mol. The molecule has 0 radical (unpaired) electrons. The third-order valence-corrected chi connectivity index (χ3v) is 4.88. The molecule has 0 fully saturated rings. The molecule has 2 aromatic carbocycles. The number of hydrogen-bond acceptors (Lipinski definition) is 0. The van der Waals surface area contributed by atoms with E-state index in [4.69, 9.17) is 0 Å². The summed E-state index contributed by atoms with van der Waals surface area (Å²) in [6.45, 7) is 6.93. The lowest BCUT2D eigenvalue weighted by molar-refractivity contribution is 0.679. The maximum atomic E-state index is 2.40. The lowest BCUT2D eigenvalue weighted by Gasteiger charge is -2.16. The Morgan fingerprint density at radius 3 is 2.25 bits per heavy atom. The van der Waals surface area contributed by atoms with E-state index in [1.807, 2.05) is 0 Å². The zero-order chi connectivity index (χ0) is 14.1. The highest BCUT2D eigenvalue weighted by atomic mass is 14.3. The molecule has 0 amide bonds. The second-order valence-electron chi connectivity index (χ2n) is 6.02. The van der Waals surface area contributed by atoms with Crippen molar-refractivity contribution in [1.29, 1.82) is 0 Å². The maximum Gasteiger partial charge on any atom is 0.0101 e. The summed E-state index contributed by atoms with van der Waals surface area (Å²) in [5.41, 5.74) is 7.82. The molecule has 0 heteroatoms. The topological polar surface area (TPSA) is 0 Å².